The molecule has 0 aromatic carbocycles. The van der Waals surface area contributed by atoms with Gasteiger partial charge in [0.1, 0.15) is 6.61 Å². The number of aliphatic hydroxyl groups excluding tert-OH is 1. The standard InChI is InChI=1S/C7H13O5P/c1-2-3-6(13(10)11)7(9)12-5-4-8/h6,8H,2-5H2,1H3/p+1. The maximum atomic E-state index is 11.1. The molecule has 0 aromatic heterocycles. The molecule has 0 aliphatic heterocycles. The van der Waals surface area contributed by atoms with E-state index in [0.29, 0.717) is 12.8 Å². The average Bonchev–Trinajstić information content (AvgIpc) is 2.09. The van der Waals surface area contributed by atoms with Crippen LogP contribution in [0.4, 0.5) is 0 Å². The van der Waals surface area contributed by atoms with Gasteiger partial charge in [0.25, 0.3) is 5.66 Å². The van der Waals surface area contributed by atoms with Gasteiger partial charge in [-0.25, -0.2) is 4.79 Å². The topological polar surface area (TPSA) is 83.8 Å². The van der Waals surface area contributed by atoms with Crippen molar-refractivity contribution in [3.63, 3.8) is 0 Å². The zero-order valence-electron chi connectivity index (χ0n) is 7.47. The maximum absolute atomic E-state index is 11.1. The van der Waals surface area contributed by atoms with Crippen LogP contribution in [0.25, 0.3) is 0 Å². The summed E-state index contributed by atoms with van der Waals surface area (Å²) in [7, 11) is -2.53. The SMILES string of the molecule is CCCC(C(=O)OCCO)[P+](=O)O. The maximum Gasteiger partial charge on any atom is 0.520 e. The predicted octanol–water partition coefficient (Wildman–Crippen LogP) is 0.425. The highest BCUT2D eigenvalue weighted by Gasteiger charge is 2.37. The van der Waals surface area contributed by atoms with Gasteiger partial charge in [0.15, 0.2) is 0 Å². The Morgan fingerprint density at radius 3 is 2.62 bits per heavy atom. The zero-order chi connectivity index (χ0) is 10.3. The molecule has 0 radical (unpaired) electrons. The summed E-state index contributed by atoms with van der Waals surface area (Å²) < 4.78 is 15.2. The average molecular weight is 209 g/mol. The van der Waals surface area contributed by atoms with Crippen molar-refractivity contribution in [1.29, 1.82) is 0 Å². The minimum absolute atomic E-state index is 0.123. The molecular weight excluding hydrogens is 195 g/mol. The number of esters is 1. The summed E-state index contributed by atoms with van der Waals surface area (Å²) in [6, 6.07) is 0. The predicted molar refractivity (Wildman–Crippen MR) is 46.6 cm³/mol. The molecule has 0 heterocycles. The van der Waals surface area contributed by atoms with Crippen molar-refractivity contribution < 1.29 is 24.1 Å². The Morgan fingerprint density at radius 2 is 2.23 bits per heavy atom. The Morgan fingerprint density at radius 1 is 1.62 bits per heavy atom. The second-order valence-electron chi connectivity index (χ2n) is 2.50. The number of carbonyl (C=O) groups excluding carboxylic acids is 1. The normalized spacial score (nSPS) is 13.6. The van der Waals surface area contributed by atoms with Crippen LogP contribution < -0.4 is 0 Å². The van der Waals surface area contributed by atoms with Crippen molar-refractivity contribution in [3.8, 4) is 0 Å². The van der Waals surface area contributed by atoms with Crippen LogP contribution in [-0.4, -0.2) is 34.8 Å². The van der Waals surface area contributed by atoms with E-state index in [9.17, 15) is 9.36 Å². The van der Waals surface area contributed by atoms with Gasteiger partial charge in [-0.3, -0.25) is 0 Å². The lowest BCUT2D eigenvalue weighted by Crippen LogP contribution is -2.21. The van der Waals surface area contributed by atoms with E-state index in [0.717, 1.165) is 0 Å². The van der Waals surface area contributed by atoms with E-state index in [1.807, 2.05) is 6.92 Å². The van der Waals surface area contributed by atoms with Gasteiger partial charge in [-0.05, 0) is 4.57 Å². The molecule has 0 saturated carbocycles. The first kappa shape index (κ1) is 12.5. The highest BCUT2D eigenvalue weighted by atomic mass is 31.1. The fraction of sp³-hybridized carbons (Fsp3) is 0.857. The van der Waals surface area contributed by atoms with Gasteiger partial charge in [-0.15, -0.1) is 0 Å². The number of hydrogen-bond acceptors (Lipinski definition) is 4. The monoisotopic (exact) mass is 209 g/mol. The fourth-order valence-corrected chi connectivity index (χ4v) is 1.57. The number of ether oxygens (including phenoxy) is 1. The molecule has 0 aliphatic rings. The van der Waals surface area contributed by atoms with Crippen LogP contribution in [0.2, 0.25) is 0 Å². The first-order chi connectivity index (χ1) is 6.13. The van der Waals surface area contributed by atoms with Crippen LogP contribution >= 0.6 is 8.03 Å². The fourth-order valence-electron chi connectivity index (χ4n) is 0.834. The highest BCUT2D eigenvalue weighted by molar-refractivity contribution is 7.40. The lowest BCUT2D eigenvalue weighted by molar-refractivity contribution is -0.144. The quantitative estimate of drug-likeness (QED) is 0.489. The minimum Gasteiger partial charge on any atom is -0.460 e. The van der Waals surface area contributed by atoms with E-state index < -0.39 is 19.7 Å². The largest absolute Gasteiger partial charge is 0.520 e. The van der Waals surface area contributed by atoms with Gasteiger partial charge >= 0.3 is 14.0 Å². The van der Waals surface area contributed by atoms with Crippen molar-refractivity contribution in [2.45, 2.75) is 25.4 Å². The van der Waals surface area contributed by atoms with Gasteiger partial charge in [0, 0.05) is 6.42 Å². The van der Waals surface area contributed by atoms with Crippen molar-refractivity contribution in [2.24, 2.45) is 0 Å². The van der Waals surface area contributed by atoms with Crippen LogP contribution in [0.15, 0.2) is 0 Å². The summed E-state index contributed by atoms with van der Waals surface area (Å²) in [5.41, 5.74) is -0.952. The summed E-state index contributed by atoms with van der Waals surface area (Å²) in [4.78, 5) is 19.8. The number of hydrogen-bond donors (Lipinski definition) is 2. The number of carbonyl (C=O) groups is 1. The molecule has 76 valence electrons. The number of aliphatic hydroxyl groups is 1. The molecule has 0 aromatic rings. The van der Waals surface area contributed by atoms with Crippen LogP contribution in [0.1, 0.15) is 19.8 Å². The van der Waals surface area contributed by atoms with Crippen molar-refractivity contribution in [2.75, 3.05) is 13.2 Å². The molecule has 0 fully saturated rings. The second kappa shape index (κ2) is 6.95. The Bertz CT molecular complexity index is 182. The van der Waals surface area contributed by atoms with Gasteiger partial charge in [-0.1, -0.05) is 13.3 Å². The minimum atomic E-state index is -2.53. The summed E-state index contributed by atoms with van der Waals surface area (Å²) in [5.74, 6) is -0.709. The Kier molecular flexibility index (Phi) is 6.68. The van der Waals surface area contributed by atoms with Crippen LogP contribution in [0.3, 0.4) is 0 Å². The Balaban J connectivity index is 4.03. The Labute approximate surface area is 77.6 Å². The summed E-state index contributed by atoms with van der Waals surface area (Å²) in [6.45, 7) is 1.42. The number of rotatable bonds is 6. The van der Waals surface area contributed by atoms with Crippen molar-refractivity contribution in [3.05, 3.63) is 0 Å². The molecule has 6 heteroatoms. The lowest BCUT2D eigenvalue weighted by Gasteiger charge is -2.03. The summed E-state index contributed by atoms with van der Waals surface area (Å²) in [6.07, 6.45) is 0.969. The summed E-state index contributed by atoms with van der Waals surface area (Å²) in [5, 5.41) is 8.35. The molecule has 0 saturated heterocycles. The highest BCUT2D eigenvalue weighted by Crippen LogP contribution is 2.27. The third-order valence-electron chi connectivity index (χ3n) is 1.44. The van der Waals surface area contributed by atoms with E-state index in [-0.39, 0.29) is 13.2 Å². The van der Waals surface area contributed by atoms with E-state index >= 15 is 0 Å². The first-order valence-electron chi connectivity index (χ1n) is 4.06. The molecule has 2 atom stereocenters. The zero-order valence-corrected chi connectivity index (χ0v) is 8.37. The molecule has 0 amide bonds. The van der Waals surface area contributed by atoms with Crippen molar-refractivity contribution in [1.82, 2.24) is 0 Å². The smallest absolute Gasteiger partial charge is 0.460 e. The molecule has 0 bridgehead atoms. The Hall–Kier alpha value is -0.510. The third-order valence-corrected chi connectivity index (χ3v) is 2.44. The molecule has 2 unspecified atom stereocenters. The van der Waals surface area contributed by atoms with E-state index in [1.54, 1.807) is 0 Å². The molecule has 0 spiro atoms. The molecule has 2 N–H and O–H groups in total. The van der Waals surface area contributed by atoms with Crippen LogP contribution in [0, 0.1) is 0 Å². The van der Waals surface area contributed by atoms with Gasteiger partial charge in [0.2, 0.25) is 0 Å². The second-order valence-corrected chi connectivity index (χ2v) is 3.73. The van der Waals surface area contributed by atoms with Gasteiger partial charge < -0.3 is 9.84 Å². The third kappa shape index (κ3) is 4.93. The lowest BCUT2D eigenvalue weighted by atomic mass is 10.2. The van der Waals surface area contributed by atoms with Crippen molar-refractivity contribution >= 4 is 14.0 Å². The molecule has 13 heavy (non-hydrogen) atoms. The van der Waals surface area contributed by atoms with Crippen LogP contribution in [-0.2, 0) is 14.1 Å². The molecular formula is C7H14O5P+. The van der Waals surface area contributed by atoms with Gasteiger partial charge in [-0.2, -0.15) is 4.89 Å². The molecule has 5 nitrogen and oxygen atoms in total. The van der Waals surface area contributed by atoms with E-state index in [2.05, 4.69) is 4.74 Å². The van der Waals surface area contributed by atoms with Crippen LogP contribution in [0.5, 0.6) is 0 Å². The molecule has 0 aliphatic carbocycles. The van der Waals surface area contributed by atoms with E-state index in [4.69, 9.17) is 10.00 Å². The van der Waals surface area contributed by atoms with E-state index in [1.165, 1.54) is 0 Å². The summed E-state index contributed by atoms with van der Waals surface area (Å²) >= 11 is 0. The van der Waals surface area contributed by atoms with Gasteiger partial charge in [0.05, 0.1) is 6.61 Å². The first-order valence-corrected chi connectivity index (χ1v) is 5.34. The molecule has 0 rings (SSSR count).